The Kier molecular flexibility index (Phi) is 22.7. The maximum absolute atomic E-state index is 13.4. The molecular weight excluding hydrogens is 612 g/mol. The van der Waals surface area contributed by atoms with E-state index in [1.54, 1.807) is 20.8 Å². The third kappa shape index (κ3) is 19.5. The van der Waals surface area contributed by atoms with Gasteiger partial charge in [-0.2, -0.15) is 0 Å². The summed E-state index contributed by atoms with van der Waals surface area (Å²) in [5, 5.41) is 24.1. The van der Waals surface area contributed by atoms with Crippen LogP contribution in [0.2, 0.25) is 0 Å². The van der Waals surface area contributed by atoms with Crippen molar-refractivity contribution >= 4 is 41.4 Å². The average Bonchev–Trinajstić information content (AvgIpc) is 2.93. The molecule has 6 amide bonds. The van der Waals surface area contributed by atoms with Gasteiger partial charge >= 0.3 is 5.97 Å². The van der Waals surface area contributed by atoms with Crippen molar-refractivity contribution in [2.24, 2.45) is 23.5 Å². The number of esters is 1. The molecule has 0 radical (unpaired) electrons. The predicted octanol–water partition coefficient (Wildman–Crippen LogP) is 0.416. The Morgan fingerprint density at radius 2 is 1.30 bits per heavy atom. The first-order chi connectivity index (χ1) is 21.4. The number of hydrogen-bond acceptors (Lipinski definition) is 9. The van der Waals surface area contributed by atoms with Gasteiger partial charge in [0.05, 0.1) is 32.1 Å². The summed E-state index contributed by atoms with van der Waals surface area (Å²) < 4.78 is 4.56. The Morgan fingerprint density at radius 3 is 1.79 bits per heavy atom. The number of ether oxygens (including phenoxy) is 1. The van der Waals surface area contributed by atoms with Crippen LogP contribution in [0.3, 0.4) is 0 Å². The molecule has 0 aromatic heterocycles. The first kappa shape index (κ1) is 45.4. The third-order valence-electron chi connectivity index (χ3n) is 6.94. The number of aliphatic hydroxyl groups excluding tert-OH is 1. The number of likely N-dealkylation sites (N-methyl/N-ethyl adjacent to an activating group) is 1. The van der Waals surface area contributed by atoms with Gasteiger partial charge in [-0.25, -0.2) is 0 Å². The fourth-order valence-corrected chi connectivity index (χ4v) is 4.63. The van der Waals surface area contributed by atoms with Gasteiger partial charge in [0, 0.05) is 19.4 Å². The molecule has 0 fully saturated rings. The third-order valence-corrected chi connectivity index (χ3v) is 6.94. The van der Waals surface area contributed by atoms with Crippen LogP contribution in [0.4, 0.5) is 0 Å². The van der Waals surface area contributed by atoms with E-state index in [4.69, 9.17) is 5.73 Å². The number of nitrogens with two attached hydrogens (primary N) is 1. The van der Waals surface area contributed by atoms with Gasteiger partial charge in [0.25, 0.3) is 0 Å². The Morgan fingerprint density at radius 1 is 0.723 bits per heavy atom. The highest BCUT2D eigenvalue weighted by molar-refractivity contribution is 5.94. The quantitative estimate of drug-likeness (QED) is 0.0788. The van der Waals surface area contributed by atoms with E-state index in [1.165, 1.54) is 7.11 Å². The van der Waals surface area contributed by atoms with Gasteiger partial charge in [-0.05, 0) is 43.9 Å². The number of nitrogens with one attached hydrogen (secondary N) is 5. The molecular formula is C32H60N6O9. The second-order valence-corrected chi connectivity index (χ2v) is 12.6. The van der Waals surface area contributed by atoms with Crippen LogP contribution in [-0.2, 0) is 38.3 Å². The standard InChI is InChI=1S/C31H56N6O9.CH4/c1-9-33-31(45)28(19(6)7)37-26(41)16-23(38)20(13-17(2)3)35-30(44)22(15-24(32)39)36-29(43)21(14-18(4)5)34-25(40)11-10-12-27(42)46-8;/h17-23,28,38H,9-16H2,1-8H3,(H2,32,39)(H,33,45)(H,34,40)(H,35,44)(H,36,43)(H,37,41);1H4/t20-,21+,22-,23-,28-;/m0./s1. The van der Waals surface area contributed by atoms with Crippen LogP contribution < -0.4 is 32.3 Å². The van der Waals surface area contributed by atoms with Crippen LogP contribution in [0, 0.1) is 17.8 Å². The van der Waals surface area contributed by atoms with Crippen molar-refractivity contribution in [2.45, 2.75) is 131 Å². The van der Waals surface area contributed by atoms with Crippen LogP contribution >= 0.6 is 0 Å². The molecule has 0 unspecified atom stereocenters. The van der Waals surface area contributed by atoms with E-state index in [9.17, 15) is 38.7 Å². The zero-order valence-electron chi connectivity index (χ0n) is 28.6. The van der Waals surface area contributed by atoms with Crippen molar-refractivity contribution in [1.29, 1.82) is 0 Å². The van der Waals surface area contributed by atoms with Crippen LogP contribution in [0.1, 0.15) is 101 Å². The maximum Gasteiger partial charge on any atom is 0.305 e. The van der Waals surface area contributed by atoms with Crippen molar-refractivity contribution in [3.63, 3.8) is 0 Å². The molecule has 15 nitrogen and oxygen atoms in total. The molecule has 0 aromatic carbocycles. The van der Waals surface area contributed by atoms with Crippen molar-refractivity contribution in [3.05, 3.63) is 0 Å². The van der Waals surface area contributed by atoms with E-state index >= 15 is 0 Å². The van der Waals surface area contributed by atoms with E-state index < -0.39 is 78.6 Å². The van der Waals surface area contributed by atoms with Gasteiger partial charge in [-0.1, -0.05) is 49.0 Å². The highest BCUT2D eigenvalue weighted by Crippen LogP contribution is 2.13. The lowest BCUT2D eigenvalue weighted by Crippen LogP contribution is -2.57. The second kappa shape index (κ2) is 23.6. The number of primary amides is 1. The Labute approximate surface area is 279 Å². The highest BCUT2D eigenvalue weighted by Gasteiger charge is 2.33. The first-order valence-corrected chi connectivity index (χ1v) is 15.9. The number of aliphatic hydroxyl groups is 1. The van der Waals surface area contributed by atoms with Gasteiger partial charge in [-0.15, -0.1) is 0 Å². The van der Waals surface area contributed by atoms with Gasteiger partial charge in [0.15, 0.2) is 0 Å². The van der Waals surface area contributed by atoms with Gasteiger partial charge in [0.2, 0.25) is 35.4 Å². The topological polar surface area (TPSA) is 235 Å². The lowest BCUT2D eigenvalue weighted by Gasteiger charge is -2.29. The molecule has 0 saturated carbocycles. The predicted molar refractivity (Wildman–Crippen MR) is 177 cm³/mol. The van der Waals surface area contributed by atoms with Gasteiger partial charge < -0.3 is 42.2 Å². The van der Waals surface area contributed by atoms with Crippen LogP contribution in [0.25, 0.3) is 0 Å². The van der Waals surface area contributed by atoms with Crippen molar-refractivity contribution in [1.82, 2.24) is 26.6 Å². The van der Waals surface area contributed by atoms with E-state index in [0.29, 0.717) is 6.54 Å². The molecule has 0 aliphatic rings. The summed E-state index contributed by atoms with van der Waals surface area (Å²) in [5.41, 5.74) is 5.38. The number of carbonyl (C=O) groups excluding carboxylic acids is 7. The molecule has 8 N–H and O–H groups in total. The molecule has 272 valence electrons. The fourth-order valence-electron chi connectivity index (χ4n) is 4.63. The SMILES string of the molecule is C.CCNC(=O)[C@@H](NC(=O)C[C@H](O)[C@H](CC(C)C)NC(=O)[C@H](CC(N)=O)NC(=O)[C@@H](CC(C)C)NC(=O)CCCC(=O)OC)C(C)C. The second-order valence-electron chi connectivity index (χ2n) is 12.6. The number of methoxy groups -OCH3 is 1. The minimum absolute atomic E-state index is 0. The molecule has 0 spiro atoms. The Balaban J connectivity index is 0. The number of amides is 6. The van der Waals surface area contributed by atoms with Crippen LogP contribution in [-0.4, -0.2) is 90.4 Å². The zero-order chi connectivity index (χ0) is 35.6. The molecule has 15 heteroatoms. The largest absolute Gasteiger partial charge is 0.469 e. The highest BCUT2D eigenvalue weighted by atomic mass is 16.5. The Bertz CT molecular complexity index is 1030. The Hall–Kier alpha value is -3.75. The number of carbonyl (C=O) groups is 7. The van der Waals surface area contributed by atoms with E-state index in [2.05, 4.69) is 31.3 Å². The zero-order valence-corrected chi connectivity index (χ0v) is 28.6. The monoisotopic (exact) mass is 672 g/mol. The molecule has 0 saturated heterocycles. The fraction of sp³-hybridized carbons (Fsp3) is 0.781. The summed E-state index contributed by atoms with van der Waals surface area (Å²) in [6.45, 7) is 13.1. The first-order valence-electron chi connectivity index (χ1n) is 15.9. The summed E-state index contributed by atoms with van der Waals surface area (Å²) >= 11 is 0. The molecule has 0 bridgehead atoms. The molecule has 5 atom stereocenters. The summed E-state index contributed by atoms with van der Waals surface area (Å²) in [6, 6.07) is -4.25. The minimum Gasteiger partial charge on any atom is -0.469 e. The molecule has 0 heterocycles. The summed E-state index contributed by atoms with van der Waals surface area (Å²) in [4.78, 5) is 87.6. The summed E-state index contributed by atoms with van der Waals surface area (Å²) in [5.74, 6) is -4.60. The van der Waals surface area contributed by atoms with Gasteiger partial charge in [-0.3, -0.25) is 33.6 Å². The molecule has 0 rings (SSSR count). The van der Waals surface area contributed by atoms with Crippen LogP contribution in [0.5, 0.6) is 0 Å². The maximum atomic E-state index is 13.4. The van der Waals surface area contributed by atoms with E-state index in [0.717, 1.165) is 0 Å². The lowest BCUT2D eigenvalue weighted by atomic mass is 9.95. The van der Waals surface area contributed by atoms with Crippen molar-refractivity contribution in [2.75, 3.05) is 13.7 Å². The number of hydrogen-bond donors (Lipinski definition) is 7. The average molecular weight is 673 g/mol. The lowest BCUT2D eigenvalue weighted by molar-refractivity contribution is -0.141. The smallest absolute Gasteiger partial charge is 0.305 e. The molecule has 0 aliphatic carbocycles. The molecule has 0 aromatic rings. The summed E-state index contributed by atoms with van der Waals surface area (Å²) in [6.07, 6.45) is -1.68. The summed E-state index contributed by atoms with van der Waals surface area (Å²) in [7, 11) is 1.24. The molecule has 0 aliphatic heterocycles. The van der Waals surface area contributed by atoms with Gasteiger partial charge in [0.1, 0.15) is 18.1 Å². The number of rotatable bonds is 22. The minimum atomic E-state index is -1.44. The van der Waals surface area contributed by atoms with Crippen molar-refractivity contribution in [3.8, 4) is 0 Å². The van der Waals surface area contributed by atoms with Crippen molar-refractivity contribution < 1.29 is 43.4 Å². The normalized spacial score (nSPS) is 14.1. The van der Waals surface area contributed by atoms with E-state index in [-0.39, 0.29) is 63.2 Å². The van der Waals surface area contributed by atoms with E-state index in [1.807, 2.05) is 27.7 Å². The molecule has 47 heavy (non-hydrogen) atoms. The van der Waals surface area contributed by atoms with Crippen LogP contribution in [0.15, 0.2) is 0 Å².